The van der Waals surface area contributed by atoms with Crippen molar-refractivity contribution in [3.8, 4) is 11.5 Å². The highest BCUT2D eigenvalue weighted by molar-refractivity contribution is 14.1. The summed E-state index contributed by atoms with van der Waals surface area (Å²) in [6, 6.07) is 3.88. The van der Waals surface area contributed by atoms with E-state index >= 15 is 0 Å². The summed E-state index contributed by atoms with van der Waals surface area (Å²) in [7, 11) is 0. The molecule has 22 heavy (non-hydrogen) atoms. The highest BCUT2D eigenvalue weighted by atomic mass is 127. The van der Waals surface area contributed by atoms with E-state index in [2.05, 4.69) is 32.7 Å². The number of halogens is 1. The van der Waals surface area contributed by atoms with Crippen molar-refractivity contribution in [1.29, 1.82) is 0 Å². The first-order valence-electron chi connectivity index (χ1n) is 6.97. The number of fused-ring (bicyclic) bond motifs is 1. The molecule has 1 aromatic carbocycles. The van der Waals surface area contributed by atoms with Crippen LogP contribution in [0.25, 0.3) is 0 Å². The minimum Gasteiger partial charge on any atom is -0.486 e. The Labute approximate surface area is 142 Å². The molecule has 3 rings (SSSR count). The summed E-state index contributed by atoms with van der Waals surface area (Å²) in [5.74, 6) is 2.14. The van der Waals surface area contributed by atoms with Crippen LogP contribution in [0.4, 0.5) is 0 Å². The average Bonchev–Trinajstić information content (AvgIpc) is 3.01. The monoisotopic (exact) mass is 413 g/mol. The normalized spacial score (nSPS) is 14.3. The molecule has 1 aromatic heterocycles. The number of nitrogens with zero attached hydrogens (tertiary/aromatic N) is 3. The molecule has 0 spiro atoms. The van der Waals surface area contributed by atoms with Crippen molar-refractivity contribution in [1.82, 2.24) is 9.55 Å². The molecular formula is C15H16IN3O3. The van der Waals surface area contributed by atoms with Gasteiger partial charge in [-0.15, -0.1) is 0 Å². The first kappa shape index (κ1) is 15.1. The third-order valence-corrected chi connectivity index (χ3v) is 3.86. The van der Waals surface area contributed by atoms with E-state index in [1.165, 1.54) is 0 Å². The van der Waals surface area contributed by atoms with Crippen molar-refractivity contribution >= 4 is 28.4 Å². The summed E-state index contributed by atoms with van der Waals surface area (Å²) >= 11 is 2.26. The molecule has 0 saturated carbocycles. The van der Waals surface area contributed by atoms with Crippen LogP contribution in [-0.4, -0.2) is 34.7 Å². The van der Waals surface area contributed by atoms with Crippen LogP contribution in [-0.2, 0) is 4.84 Å². The molecule has 0 amide bonds. The maximum atomic E-state index is 5.66. The van der Waals surface area contributed by atoms with Crippen LogP contribution >= 0.6 is 22.6 Å². The number of aromatic nitrogens is 2. The Kier molecular flexibility index (Phi) is 4.51. The SMILES string of the molecule is CC(C)O/N=C(/c1cc2c(cc1I)OCCO2)n1ccnc1. The summed E-state index contributed by atoms with van der Waals surface area (Å²) in [6.07, 6.45) is 5.22. The molecule has 0 radical (unpaired) electrons. The zero-order chi connectivity index (χ0) is 15.5. The van der Waals surface area contributed by atoms with E-state index in [1.807, 2.05) is 36.7 Å². The molecule has 116 valence electrons. The van der Waals surface area contributed by atoms with Gasteiger partial charge >= 0.3 is 0 Å². The smallest absolute Gasteiger partial charge is 0.185 e. The minimum atomic E-state index is -0.00612. The number of ether oxygens (including phenoxy) is 2. The van der Waals surface area contributed by atoms with Crippen LogP contribution in [0.15, 0.2) is 36.0 Å². The van der Waals surface area contributed by atoms with Gasteiger partial charge in [-0.1, -0.05) is 5.16 Å². The van der Waals surface area contributed by atoms with Crippen molar-refractivity contribution in [2.24, 2.45) is 5.16 Å². The molecule has 7 heteroatoms. The molecule has 1 aliphatic heterocycles. The highest BCUT2D eigenvalue weighted by Gasteiger charge is 2.19. The van der Waals surface area contributed by atoms with Gasteiger partial charge in [0, 0.05) is 21.5 Å². The van der Waals surface area contributed by atoms with Crippen LogP contribution < -0.4 is 9.47 Å². The van der Waals surface area contributed by atoms with Gasteiger partial charge in [0.1, 0.15) is 25.6 Å². The van der Waals surface area contributed by atoms with Gasteiger partial charge in [-0.3, -0.25) is 4.57 Å². The third kappa shape index (κ3) is 3.18. The molecule has 1 aliphatic rings. The number of oxime groups is 1. The van der Waals surface area contributed by atoms with E-state index < -0.39 is 0 Å². The Morgan fingerprint density at radius 3 is 2.68 bits per heavy atom. The lowest BCUT2D eigenvalue weighted by atomic mass is 10.1. The van der Waals surface area contributed by atoms with E-state index in [0.29, 0.717) is 19.0 Å². The highest BCUT2D eigenvalue weighted by Crippen LogP contribution is 2.34. The fraction of sp³-hybridized carbons (Fsp3) is 0.333. The number of imidazole rings is 1. The lowest BCUT2D eigenvalue weighted by Crippen LogP contribution is -2.19. The summed E-state index contributed by atoms with van der Waals surface area (Å²) in [5, 5.41) is 4.28. The van der Waals surface area contributed by atoms with Gasteiger partial charge in [-0.25, -0.2) is 4.98 Å². The summed E-state index contributed by atoms with van der Waals surface area (Å²) in [4.78, 5) is 9.53. The average molecular weight is 413 g/mol. The molecule has 0 bridgehead atoms. The zero-order valence-electron chi connectivity index (χ0n) is 12.3. The first-order valence-corrected chi connectivity index (χ1v) is 8.04. The molecule has 0 unspecified atom stereocenters. The van der Waals surface area contributed by atoms with Gasteiger partial charge in [-0.05, 0) is 48.6 Å². The zero-order valence-corrected chi connectivity index (χ0v) is 14.5. The van der Waals surface area contributed by atoms with Gasteiger partial charge in [0.2, 0.25) is 0 Å². The van der Waals surface area contributed by atoms with Gasteiger partial charge in [0.25, 0.3) is 0 Å². The van der Waals surface area contributed by atoms with Crippen molar-refractivity contribution in [3.63, 3.8) is 0 Å². The minimum absolute atomic E-state index is 0.00612. The van der Waals surface area contributed by atoms with E-state index in [1.54, 1.807) is 12.5 Å². The molecule has 0 N–H and O–H groups in total. The fourth-order valence-electron chi connectivity index (χ4n) is 2.01. The second kappa shape index (κ2) is 6.55. The first-order chi connectivity index (χ1) is 10.6. The topological polar surface area (TPSA) is 57.9 Å². The summed E-state index contributed by atoms with van der Waals surface area (Å²) < 4.78 is 14.1. The second-order valence-corrected chi connectivity index (χ2v) is 6.18. The predicted octanol–water partition coefficient (Wildman–Crippen LogP) is 2.89. The molecular weight excluding hydrogens is 397 g/mol. The van der Waals surface area contributed by atoms with Crippen LogP contribution in [0.2, 0.25) is 0 Å². The molecule has 0 atom stereocenters. The van der Waals surface area contributed by atoms with E-state index in [-0.39, 0.29) is 6.10 Å². The van der Waals surface area contributed by atoms with E-state index in [9.17, 15) is 0 Å². The number of benzene rings is 1. The lowest BCUT2D eigenvalue weighted by Gasteiger charge is -2.20. The molecule has 0 fully saturated rings. The maximum absolute atomic E-state index is 5.66. The summed E-state index contributed by atoms with van der Waals surface area (Å²) in [5.41, 5.74) is 0.906. The number of rotatable bonds is 3. The molecule has 0 aliphatic carbocycles. The van der Waals surface area contributed by atoms with Gasteiger partial charge in [0.15, 0.2) is 17.3 Å². The number of hydrogen-bond acceptors (Lipinski definition) is 5. The second-order valence-electron chi connectivity index (χ2n) is 5.01. The van der Waals surface area contributed by atoms with Gasteiger partial charge in [-0.2, -0.15) is 0 Å². The lowest BCUT2D eigenvalue weighted by molar-refractivity contribution is 0.0853. The maximum Gasteiger partial charge on any atom is 0.185 e. The van der Waals surface area contributed by atoms with Gasteiger partial charge < -0.3 is 14.3 Å². The van der Waals surface area contributed by atoms with Crippen molar-refractivity contribution in [3.05, 3.63) is 40.0 Å². The third-order valence-electron chi connectivity index (χ3n) is 2.97. The Balaban J connectivity index is 2.06. The van der Waals surface area contributed by atoms with E-state index in [0.717, 1.165) is 20.6 Å². The van der Waals surface area contributed by atoms with Crippen molar-refractivity contribution in [2.75, 3.05) is 13.2 Å². The quantitative estimate of drug-likeness (QED) is 0.336. The molecule has 2 heterocycles. The standard InChI is InChI=1S/C15H16IN3O3/c1-10(2)22-18-15(19-4-3-17-9-19)11-7-13-14(8-12(11)16)21-6-5-20-13/h3-4,7-10H,5-6H2,1-2H3/b18-15-. The van der Waals surface area contributed by atoms with Crippen LogP contribution in [0.1, 0.15) is 19.4 Å². The van der Waals surface area contributed by atoms with Crippen LogP contribution in [0.3, 0.4) is 0 Å². The fourth-order valence-corrected chi connectivity index (χ4v) is 2.69. The number of hydrogen-bond donors (Lipinski definition) is 0. The Hall–Kier alpha value is -1.77. The van der Waals surface area contributed by atoms with Crippen LogP contribution in [0, 0.1) is 3.57 Å². The molecule has 6 nitrogen and oxygen atoms in total. The van der Waals surface area contributed by atoms with Gasteiger partial charge in [0.05, 0.1) is 0 Å². The molecule has 2 aromatic rings. The Bertz CT molecular complexity index is 684. The van der Waals surface area contributed by atoms with Crippen LogP contribution in [0.5, 0.6) is 11.5 Å². The largest absolute Gasteiger partial charge is 0.486 e. The van der Waals surface area contributed by atoms with Crippen molar-refractivity contribution < 1.29 is 14.3 Å². The molecule has 0 saturated heterocycles. The summed E-state index contributed by atoms with van der Waals surface area (Å²) in [6.45, 7) is 4.99. The Morgan fingerprint density at radius 2 is 2.05 bits per heavy atom. The Morgan fingerprint density at radius 1 is 1.32 bits per heavy atom. The predicted molar refractivity (Wildman–Crippen MR) is 90.5 cm³/mol. The van der Waals surface area contributed by atoms with E-state index in [4.69, 9.17) is 14.3 Å². The van der Waals surface area contributed by atoms with Crippen molar-refractivity contribution in [2.45, 2.75) is 20.0 Å².